The van der Waals surface area contributed by atoms with E-state index in [1.165, 1.54) is 30.0 Å². The molecule has 0 saturated heterocycles. The second kappa shape index (κ2) is 8.46. The molecule has 6 nitrogen and oxygen atoms in total. The first-order valence-corrected chi connectivity index (χ1v) is 10.7. The second-order valence-corrected chi connectivity index (χ2v) is 8.31. The van der Waals surface area contributed by atoms with Crippen molar-refractivity contribution in [2.24, 2.45) is 0 Å². The number of aryl methyl sites for hydroxylation is 1. The van der Waals surface area contributed by atoms with Crippen molar-refractivity contribution in [2.75, 3.05) is 0 Å². The van der Waals surface area contributed by atoms with Crippen molar-refractivity contribution >= 4 is 23.6 Å². The molecule has 1 aliphatic carbocycles. The Balaban J connectivity index is 1.49. The molecule has 1 fully saturated rings. The van der Waals surface area contributed by atoms with Crippen molar-refractivity contribution in [2.45, 2.75) is 58.1 Å². The van der Waals surface area contributed by atoms with E-state index in [-0.39, 0.29) is 34.8 Å². The smallest absolute Gasteiger partial charge is 0.338 e. The van der Waals surface area contributed by atoms with Gasteiger partial charge in [-0.3, -0.25) is 19.3 Å². The third-order valence-corrected chi connectivity index (χ3v) is 6.08. The average molecular weight is 419 g/mol. The third kappa shape index (κ3) is 4.02. The first-order chi connectivity index (χ1) is 14.9. The average Bonchev–Trinajstić information content (AvgIpc) is 3.03. The fraction of sp³-hybridized carbons (Fsp3) is 0.360. The van der Waals surface area contributed by atoms with Gasteiger partial charge in [-0.15, -0.1) is 0 Å². The number of esters is 1. The summed E-state index contributed by atoms with van der Waals surface area (Å²) in [6, 6.07) is 11.3. The van der Waals surface area contributed by atoms with Crippen molar-refractivity contribution in [3.8, 4) is 0 Å². The molecule has 0 radical (unpaired) electrons. The summed E-state index contributed by atoms with van der Waals surface area (Å²) in [6.07, 6.45) is 3.79. The lowest BCUT2D eigenvalue weighted by atomic mass is 9.94. The highest BCUT2D eigenvalue weighted by atomic mass is 16.5. The van der Waals surface area contributed by atoms with E-state index in [2.05, 4.69) is 0 Å². The molecule has 2 amide bonds. The molecule has 1 saturated carbocycles. The lowest BCUT2D eigenvalue weighted by molar-refractivity contribution is 0.0318. The molecule has 2 aromatic rings. The van der Waals surface area contributed by atoms with Crippen LogP contribution in [0, 0.1) is 6.92 Å². The first-order valence-electron chi connectivity index (χ1n) is 10.7. The highest BCUT2D eigenvalue weighted by molar-refractivity contribution is 6.22. The number of rotatable bonds is 5. The van der Waals surface area contributed by atoms with Crippen LogP contribution >= 0.6 is 0 Å². The van der Waals surface area contributed by atoms with Gasteiger partial charge >= 0.3 is 5.97 Å². The highest BCUT2D eigenvalue weighted by Crippen LogP contribution is 2.31. The zero-order valence-electron chi connectivity index (χ0n) is 17.7. The Morgan fingerprint density at radius 2 is 1.52 bits per heavy atom. The van der Waals surface area contributed by atoms with Crippen LogP contribution in [0.5, 0.6) is 0 Å². The summed E-state index contributed by atoms with van der Waals surface area (Å²) in [6.45, 7) is 3.44. The Hall–Kier alpha value is -3.28. The predicted octanol–water partition coefficient (Wildman–Crippen LogP) is 4.35. The summed E-state index contributed by atoms with van der Waals surface area (Å²) in [5, 5.41) is 0. The maximum Gasteiger partial charge on any atom is 0.338 e. The van der Waals surface area contributed by atoms with E-state index in [0.717, 1.165) is 37.7 Å². The molecule has 1 atom stereocenters. The standard InChI is InChI=1S/C25H25NO5/c1-15-8-10-17(11-9-15)22(27)16(2)31-25(30)18-12-13-20-21(14-18)24(29)26(23(20)28)19-6-4-3-5-7-19/h8-14,16,19H,3-7H2,1-2H3/t16-/m1/s1. The zero-order chi connectivity index (χ0) is 22.1. The predicted molar refractivity (Wildman–Crippen MR) is 114 cm³/mol. The summed E-state index contributed by atoms with van der Waals surface area (Å²) in [5.74, 6) is -1.66. The van der Waals surface area contributed by atoms with Crippen LogP contribution in [0.3, 0.4) is 0 Å². The number of benzene rings is 2. The van der Waals surface area contributed by atoms with Gasteiger partial charge in [0.05, 0.1) is 16.7 Å². The van der Waals surface area contributed by atoms with Crippen LogP contribution in [0.1, 0.15) is 86.0 Å². The van der Waals surface area contributed by atoms with Crippen LogP contribution in [0.25, 0.3) is 0 Å². The van der Waals surface area contributed by atoms with Gasteiger partial charge in [0, 0.05) is 11.6 Å². The molecule has 6 heteroatoms. The second-order valence-electron chi connectivity index (χ2n) is 8.31. The summed E-state index contributed by atoms with van der Waals surface area (Å²) in [7, 11) is 0. The largest absolute Gasteiger partial charge is 0.451 e. The van der Waals surface area contributed by atoms with Crippen LogP contribution in [0.2, 0.25) is 0 Å². The lowest BCUT2D eigenvalue weighted by Gasteiger charge is -2.29. The Labute approximate surface area is 181 Å². The van der Waals surface area contributed by atoms with E-state index in [9.17, 15) is 19.2 Å². The zero-order valence-corrected chi connectivity index (χ0v) is 17.7. The molecular weight excluding hydrogens is 394 g/mol. The maximum absolute atomic E-state index is 12.9. The van der Waals surface area contributed by atoms with Gasteiger partial charge in [0.1, 0.15) is 0 Å². The summed E-state index contributed by atoms with van der Waals surface area (Å²) < 4.78 is 5.35. The fourth-order valence-electron chi connectivity index (χ4n) is 4.29. The number of imide groups is 1. The van der Waals surface area contributed by atoms with Crippen LogP contribution in [-0.2, 0) is 4.74 Å². The monoisotopic (exact) mass is 419 g/mol. The van der Waals surface area contributed by atoms with E-state index in [4.69, 9.17) is 4.74 Å². The van der Waals surface area contributed by atoms with Crippen molar-refractivity contribution in [1.29, 1.82) is 0 Å². The van der Waals surface area contributed by atoms with Crippen molar-refractivity contribution in [3.63, 3.8) is 0 Å². The van der Waals surface area contributed by atoms with Gasteiger partial charge in [0.15, 0.2) is 6.10 Å². The number of hydrogen-bond donors (Lipinski definition) is 0. The van der Waals surface area contributed by atoms with Gasteiger partial charge in [-0.25, -0.2) is 4.79 Å². The molecule has 0 bridgehead atoms. The van der Waals surface area contributed by atoms with Gasteiger partial charge in [-0.1, -0.05) is 49.1 Å². The lowest BCUT2D eigenvalue weighted by Crippen LogP contribution is -2.40. The molecule has 1 aliphatic heterocycles. The maximum atomic E-state index is 12.9. The van der Waals surface area contributed by atoms with Crippen LogP contribution in [-0.4, -0.2) is 40.6 Å². The van der Waals surface area contributed by atoms with E-state index in [1.54, 1.807) is 12.1 Å². The minimum Gasteiger partial charge on any atom is -0.451 e. The topological polar surface area (TPSA) is 80.8 Å². The Bertz CT molecular complexity index is 1050. The first kappa shape index (κ1) is 21.0. The number of carbonyl (C=O) groups is 4. The molecule has 0 aromatic heterocycles. The molecule has 0 N–H and O–H groups in total. The number of carbonyl (C=O) groups excluding carboxylic acids is 4. The third-order valence-electron chi connectivity index (χ3n) is 6.08. The molecule has 0 spiro atoms. The van der Waals surface area contributed by atoms with Crippen LogP contribution in [0.4, 0.5) is 0 Å². The number of hydrogen-bond acceptors (Lipinski definition) is 5. The number of ketones is 1. The normalized spacial score (nSPS) is 17.4. The van der Waals surface area contributed by atoms with E-state index in [0.29, 0.717) is 11.1 Å². The van der Waals surface area contributed by atoms with E-state index >= 15 is 0 Å². The Morgan fingerprint density at radius 1 is 0.903 bits per heavy atom. The minimum absolute atomic E-state index is 0.0799. The summed E-state index contributed by atoms with van der Waals surface area (Å²) in [5.41, 5.74) is 2.18. The number of amides is 2. The Kier molecular flexibility index (Phi) is 5.72. The van der Waals surface area contributed by atoms with Gasteiger partial charge < -0.3 is 4.74 Å². The van der Waals surface area contributed by atoms with Gasteiger partial charge in [-0.05, 0) is 44.9 Å². The molecular formula is C25H25NO5. The van der Waals surface area contributed by atoms with Gasteiger partial charge in [-0.2, -0.15) is 0 Å². The molecule has 31 heavy (non-hydrogen) atoms. The van der Waals surface area contributed by atoms with Gasteiger partial charge in [0.2, 0.25) is 5.78 Å². The fourth-order valence-corrected chi connectivity index (χ4v) is 4.29. The minimum atomic E-state index is -0.973. The number of ether oxygens (including phenoxy) is 1. The quantitative estimate of drug-likeness (QED) is 0.409. The van der Waals surface area contributed by atoms with E-state index in [1.807, 2.05) is 19.1 Å². The Morgan fingerprint density at radius 3 is 2.19 bits per heavy atom. The molecule has 4 rings (SSSR count). The van der Waals surface area contributed by atoms with E-state index < -0.39 is 12.1 Å². The molecule has 2 aromatic carbocycles. The van der Waals surface area contributed by atoms with Crippen LogP contribution in [0.15, 0.2) is 42.5 Å². The molecule has 0 unspecified atom stereocenters. The number of Topliss-reactive ketones (excluding diaryl/α,β-unsaturated/α-hetero) is 1. The van der Waals surface area contributed by atoms with Crippen molar-refractivity contribution in [3.05, 3.63) is 70.3 Å². The number of nitrogens with zero attached hydrogens (tertiary/aromatic N) is 1. The molecule has 2 aliphatic rings. The summed E-state index contributed by atoms with van der Waals surface area (Å²) in [4.78, 5) is 52.2. The van der Waals surface area contributed by atoms with Crippen LogP contribution < -0.4 is 0 Å². The number of fused-ring (bicyclic) bond motifs is 1. The highest BCUT2D eigenvalue weighted by Gasteiger charge is 2.40. The van der Waals surface area contributed by atoms with Crippen molar-refractivity contribution in [1.82, 2.24) is 4.90 Å². The molecule has 160 valence electrons. The van der Waals surface area contributed by atoms with Gasteiger partial charge in [0.25, 0.3) is 11.8 Å². The summed E-state index contributed by atoms with van der Waals surface area (Å²) >= 11 is 0. The van der Waals surface area contributed by atoms with Crippen molar-refractivity contribution < 1.29 is 23.9 Å². The SMILES string of the molecule is Cc1ccc(C(=O)[C@@H](C)OC(=O)c2ccc3c(c2)C(=O)N(C2CCCCC2)C3=O)cc1. The molecule has 1 heterocycles.